The minimum Gasteiger partial charge on any atom is -0.293 e. The van der Waals surface area contributed by atoms with Crippen LogP contribution in [0.25, 0.3) is 0 Å². The van der Waals surface area contributed by atoms with Gasteiger partial charge in [-0.05, 0) is 38.4 Å². The number of benzene rings is 1. The molecular weight excluding hydrogens is 236 g/mol. The largest absolute Gasteiger partial charge is 0.293 e. The molecule has 0 radical (unpaired) electrons. The fourth-order valence-corrected chi connectivity index (χ4v) is 2.42. The molecule has 0 spiro atoms. The maximum atomic E-state index is 13.5. The maximum absolute atomic E-state index is 13.5. The van der Waals surface area contributed by atoms with Gasteiger partial charge in [-0.1, -0.05) is 12.5 Å². The second-order valence-electron chi connectivity index (χ2n) is 4.84. The first kappa shape index (κ1) is 13.1. The summed E-state index contributed by atoms with van der Waals surface area (Å²) in [6.07, 6.45) is 3.23. The molecule has 1 unspecified atom stereocenters. The number of hydrogen-bond acceptors (Lipinski definition) is 2. The van der Waals surface area contributed by atoms with E-state index in [1.807, 2.05) is 11.8 Å². The average molecular weight is 253 g/mol. The number of likely N-dealkylation sites (tertiary alicyclic amines) is 1. The van der Waals surface area contributed by atoms with E-state index in [2.05, 4.69) is 0 Å². The summed E-state index contributed by atoms with van der Waals surface area (Å²) in [5.41, 5.74) is -0.407. The third-order valence-corrected chi connectivity index (χ3v) is 3.53. The highest BCUT2D eigenvalue weighted by atomic mass is 19.1. The number of hydrogen-bond donors (Lipinski definition) is 0. The van der Waals surface area contributed by atoms with Gasteiger partial charge in [0, 0.05) is 6.04 Å². The molecule has 4 heteroatoms. The standard InChI is InChI=1S/C14H17F2NO/c1-10-5-2-3-8-17(10)9-13(18)14-11(15)6-4-7-12(14)16/h4,6-7,10H,2-3,5,8-9H2,1H3. The molecule has 1 fully saturated rings. The number of carbonyl (C=O) groups is 1. The zero-order valence-corrected chi connectivity index (χ0v) is 10.5. The molecule has 1 aromatic rings. The minimum atomic E-state index is -0.773. The van der Waals surface area contributed by atoms with Gasteiger partial charge in [0.15, 0.2) is 5.78 Å². The summed E-state index contributed by atoms with van der Waals surface area (Å²) in [7, 11) is 0. The van der Waals surface area contributed by atoms with Gasteiger partial charge in [-0.3, -0.25) is 9.69 Å². The lowest BCUT2D eigenvalue weighted by Gasteiger charge is -2.32. The topological polar surface area (TPSA) is 20.3 Å². The van der Waals surface area contributed by atoms with Crippen LogP contribution >= 0.6 is 0 Å². The Labute approximate surface area is 106 Å². The smallest absolute Gasteiger partial charge is 0.182 e. The van der Waals surface area contributed by atoms with Crippen molar-refractivity contribution in [3.8, 4) is 0 Å². The van der Waals surface area contributed by atoms with Crippen molar-refractivity contribution in [3.05, 3.63) is 35.4 Å². The van der Waals surface area contributed by atoms with Crippen molar-refractivity contribution < 1.29 is 13.6 Å². The summed E-state index contributed by atoms with van der Waals surface area (Å²) < 4.78 is 26.9. The van der Waals surface area contributed by atoms with Crippen molar-refractivity contribution in [2.75, 3.05) is 13.1 Å². The Morgan fingerprint density at radius 1 is 1.33 bits per heavy atom. The Morgan fingerprint density at radius 2 is 2.00 bits per heavy atom. The second-order valence-corrected chi connectivity index (χ2v) is 4.84. The lowest BCUT2D eigenvalue weighted by molar-refractivity contribution is 0.0852. The van der Waals surface area contributed by atoms with Crippen LogP contribution in [0, 0.1) is 11.6 Å². The monoisotopic (exact) mass is 253 g/mol. The zero-order chi connectivity index (χ0) is 13.1. The fourth-order valence-electron chi connectivity index (χ4n) is 2.42. The predicted octanol–water partition coefficient (Wildman–Crippen LogP) is 3.02. The second kappa shape index (κ2) is 5.57. The molecule has 2 rings (SSSR count). The first-order chi connectivity index (χ1) is 8.59. The predicted molar refractivity (Wildman–Crippen MR) is 65.6 cm³/mol. The molecule has 1 atom stereocenters. The van der Waals surface area contributed by atoms with Crippen molar-refractivity contribution >= 4 is 5.78 Å². The molecule has 0 saturated carbocycles. The average Bonchev–Trinajstić information content (AvgIpc) is 2.32. The van der Waals surface area contributed by atoms with Gasteiger partial charge in [0.25, 0.3) is 0 Å². The molecule has 1 aliphatic heterocycles. The van der Waals surface area contributed by atoms with Gasteiger partial charge in [-0.25, -0.2) is 8.78 Å². The number of carbonyl (C=O) groups excluding carboxylic acids is 1. The Balaban J connectivity index is 2.12. The molecule has 1 aromatic carbocycles. The Kier molecular flexibility index (Phi) is 4.07. The fraction of sp³-hybridized carbons (Fsp3) is 0.500. The third kappa shape index (κ3) is 2.75. The van der Waals surface area contributed by atoms with E-state index >= 15 is 0 Å². The van der Waals surface area contributed by atoms with Crippen LogP contribution in [-0.2, 0) is 0 Å². The van der Waals surface area contributed by atoms with Gasteiger partial charge in [-0.2, -0.15) is 0 Å². The number of piperidine rings is 1. The highest BCUT2D eigenvalue weighted by Gasteiger charge is 2.24. The minimum absolute atomic E-state index is 0.0962. The molecule has 2 nitrogen and oxygen atoms in total. The van der Waals surface area contributed by atoms with Crippen molar-refractivity contribution in [2.24, 2.45) is 0 Å². The summed E-state index contributed by atoms with van der Waals surface area (Å²) in [5, 5.41) is 0. The molecule has 1 saturated heterocycles. The lowest BCUT2D eigenvalue weighted by atomic mass is 10.0. The van der Waals surface area contributed by atoms with Crippen molar-refractivity contribution in [1.29, 1.82) is 0 Å². The van der Waals surface area contributed by atoms with E-state index in [0.717, 1.165) is 37.9 Å². The number of halogens is 2. The van der Waals surface area contributed by atoms with Crippen LogP contribution in [0.1, 0.15) is 36.5 Å². The van der Waals surface area contributed by atoms with Crippen LogP contribution in [0.4, 0.5) is 8.78 Å². The normalized spacial score (nSPS) is 20.9. The van der Waals surface area contributed by atoms with E-state index in [-0.39, 0.29) is 6.54 Å². The molecule has 0 aliphatic carbocycles. The van der Waals surface area contributed by atoms with Crippen LogP contribution in [0.15, 0.2) is 18.2 Å². The van der Waals surface area contributed by atoms with Crippen LogP contribution in [0.5, 0.6) is 0 Å². The highest BCUT2D eigenvalue weighted by molar-refractivity contribution is 5.98. The molecule has 0 amide bonds. The molecule has 0 aromatic heterocycles. The molecular formula is C14H17F2NO. The van der Waals surface area contributed by atoms with E-state index < -0.39 is 23.0 Å². The van der Waals surface area contributed by atoms with E-state index in [4.69, 9.17) is 0 Å². The molecule has 18 heavy (non-hydrogen) atoms. The quantitative estimate of drug-likeness (QED) is 0.772. The Morgan fingerprint density at radius 3 is 2.61 bits per heavy atom. The molecule has 1 aliphatic rings. The molecule has 98 valence electrons. The molecule has 1 heterocycles. The SMILES string of the molecule is CC1CCCCN1CC(=O)c1c(F)cccc1F. The first-order valence-electron chi connectivity index (χ1n) is 6.31. The van der Waals surface area contributed by atoms with Crippen LogP contribution in [0.2, 0.25) is 0 Å². The van der Waals surface area contributed by atoms with Crippen molar-refractivity contribution in [2.45, 2.75) is 32.2 Å². The van der Waals surface area contributed by atoms with Crippen LogP contribution in [-0.4, -0.2) is 29.8 Å². The van der Waals surface area contributed by atoms with Crippen molar-refractivity contribution in [3.63, 3.8) is 0 Å². The Hall–Kier alpha value is -1.29. The summed E-state index contributed by atoms with van der Waals surface area (Å²) >= 11 is 0. The molecule has 0 bridgehead atoms. The zero-order valence-electron chi connectivity index (χ0n) is 10.5. The van der Waals surface area contributed by atoms with Gasteiger partial charge in [-0.15, -0.1) is 0 Å². The Bertz CT molecular complexity index is 427. The summed E-state index contributed by atoms with van der Waals surface area (Å²) in [6.45, 7) is 2.96. The van der Waals surface area contributed by atoms with Crippen molar-refractivity contribution in [1.82, 2.24) is 4.90 Å². The number of nitrogens with zero attached hydrogens (tertiary/aromatic N) is 1. The van der Waals surface area contributed by atoms with E-state index in [1.165, 1.54) is 6.07 Å². The van der Waals surface area contributed by atoms with Gasteiger partial charge in [0.05, 0.1) is 12.1 Å². The maximum Gasteiger partial charge on any atom is 0.182 e. The summed E-state index contributed by atoms with van der Waals surface area (Å²) in [6, 6.07) is 3.81. The lowest BCUT2D eigenvalue weighted by Crippen LogP contribution is -2.41. The van der Waals surface area contributed by atoms with Gasteiger partial charge in [0.2, 0.25) is 0 Å². The highest BCUT2D eigenvalue weighted by Crippen LogP contribution is 2.18. The van der Waals surface area contributed by atoms with E-state index in [9.17, 15) is 13.6 Å². The molecule has 0 N–H and O–H groups in total. The van der Waals surface area contributed by atoms with Crippen LogP contribution < -0.4 is 0 Å². The third-order valence-electron chi connectivity index (χ3n) is 3.53. The van der Waals surface area contributed by atoms with E-state index in [0.29, 0.717) is 6.04 Å². The first-order valence-corrected chi connectivity index (χ1v) is 6.31. The van der Waals surface area contributed by atoms with Gasteiger partial charge in [0.1, 0.15) is 11.6 Å². The van der Waals surface area contributed by atoms with Crippen LogP contribution in [0.3, 0.4) is 0 Å². The summed E-state index contributed by atoms with van der Waals surface area (Å²) in [5.74, 6) is -2.02. The summed E-state index contributed by atoms with van der Waals surface area (Å²) in [4.78, 5) is 14.0. The number of Topliss-reactive ketones (excluding diaryl/α,β-unsaturated/α-hetero) is 1. The van der Waals surface area contributed by atoms with E-state index in [1.54, 1.807) is 0 Å². The number of rotatable bonds is 3. The number of ketones is 1. The van der Waals surface area contributed by atoms with Gasteiger partial charge < -0.3 is 0 Å². The van der Waals surface area contributed by atoms with Gasteiger partial charge >= 0.3 is 0 Å².